The number of aliphatic hydroxyl groups excluding tert-OH is 1. The summed E-state index contributed by atoms with van der Waals surface area (Å²) in [4.78, 5) is 42.5. The number of aromatic nitrogens is 2. The molecule has 0 amide bonds. The van der Waals surface area contributed by atoms with Crippen molar-refractivity contribution < 1.29 is 29.3 Å². The number of ether oxygens (including phenoxy) is 1. The Bertz CT molecular complexity index is 846. The Morgan fingerprint density at radius 1 is 1.52 bits per heavy atom. The van der Waals surface area contributed by atoms with Gasteiger partial charge in [0.25, 0.3) is 5.56 Å². The molecule has 11 heteroatoms. The molecule has 0 bridgehead atoms. The lowest BCUT2D eigenvalue weighted by Gasteiger charge is -2.30. The topological polar surface area (TPSA) is 162 Å². The fourth-order valence-corrected chi connectivity index (χ4v) is 2.58. The van der Waals surface area contributed by atoms with Gasteiger partial charge in [-0.25, -0.2) is 4.79 Å². The first-order valence-electron chi connectivity index (χ1n) is 6.14. The lowest BCUT2D eigenvalue weighted by molar-refractivity contribution is -0.115. The lowest BCUT2D eigenvalue weighted by Crippen LogP contribution is -2.54. The molecule has 0 spiro atoms. The maximum absolute atomic E-state index is 11.8. The molecule has 1 aliphatic rings. The Kier molecular flexibility index (Phi) is 4.21. The highest BCUT2D eigenvalue weighted by Crippen LogP contribution is 2.41. The zero-order valence-corrected chi connectivity index (χ0v) is 12.4. The van der Waals surface area contributed by atoms with E-state index in [2.05, 4.69) is 0 Å². The van der Waals surface area contributed by atoms with Crippen molar-refractivity contribution in [2.75, 3.05) is 6.61 Å². The smallest absolute Gasteiger partial charge is 0.348 e. The molecule has 23 heavy (non-hydrogen) atoms. The summed E-state index contributed by atoms with van der Waals surface area (Å²) in [5.41, 5.74) is -6.14. The van der Waals surface area contributed by atoms with Crippen molar-refractivity contribution in [3.05, 3.63) is 45.0 Å². The van der Waals surface area contributed by atoms with E-state index >= 15 is 0 Å². The summed E-state index contributed by atoms with van der Waals surface area (Å²) in [6.45, 7) is -0.657. The summed E-state index contributed by atoms with van der Waals surface area (Å²) in [6.07, 6.45) is 5.00. The van der Waals surface area contributed by atoms with Crippen LogP contribution in [0.2, 0.25) is 0 Å². The van der Waals surface area contributed by atoms with Crippen LogP contribution in [0.25, 0.3) is 0 Å². The van der Waals surface area contributed by atoms with E-state index in [1.807, 2.05) is 10.9 Å². The van der Waals surface area contributed by atoms with Crippen molar-refractivity contribution in [1.29, 1.82) is 0 Å². The average molecular weight is 344 g/mol. The number of aliphatic hydroxyl groups is 2. The average Bonchev–Trinajstić information content (AvgIpc) is 2.70. The SMILES string of the molecule is C#CC1(/C=C/P(=O)(O)O)OC[C@](O)(n2ccc(=O)[nH]c2=O)[C@@H]1O. The van der Waals surface area contributed by atoms with E-state index in [1.54, 1.807) is 0 Å². The molecule has 3 atom stereocenters. The van der Waals surface area contributed by atoms with Gasteiger partial charge in [0.05, 0.1) is 0 Å². The van der Waals surface area contributed by atoms with E-state index in [0.29, 0.717) is 10.4 Å². The number of terminal acetylenes is 1. The maximum atomic E-state index is 11.8. The molecule has 2 heterocycles. The fraction of sp³-hybridized carbons (Fsp3) is 0.333. The van der Waals surface area contributed by atoms with Gasteiger partial charge < -0.3 is 24.7 Å². The third kappa shape index (κ3) is 3.07. The Labute approximate surface area is 128 Å². The third-order valence-corrected chi connectivity index (χ3v) is 3.89. The Hall–Kier alpha value is -1.99. The number of hydrogen-bond donors (Lipinski definition) is 5. The molecule has 124 valence electrons. The van der Waals surface area contributed by atoms with Gasteiger partial charge in [0.1, 0.15) is 12.7 Å². The van der Waals surface area contributed by atoms with E-state index in [0.717, 1.165) is 18.3 Å². The molecular formula is C12H13N2O8P. The van der Waals surface area contributed by atoms with Gasteiger partial charge in [-0.05, 0) is 6.08 Å². The van der Waals surface area contributed by atoms with E-state index in [4.69, 9.17) is 20.9 Å². The van der Waals surface area contributed by atoms with Crippen LogP contribution in [-0.4, -0.2) is 47.9 Å². The second-order valence-corrected chi connectivity index (χ2v) is 6.37. The highest BCUT2D eigenvalue weighted by molar-refractivity contribution is 7.55. The van der Waals surface area contributed by atoms with Gasteiger partial charge in [0.2, 0.25) is 0 Å². The summed E-state index contributed by atoms with van der Waals surface area (Å²) in [5.74, 6) is 2.43. The zero-order valence-electron chi connectivity index (χ0n) is 11.5. The second kappa shape index (κ2) is 5.58. The predicted molar refractivity (Wildman–Crippen MR) is 76.2 cm³/mol. The van der Waals surface area contributed by atoms with Crippen LogP contribution in [-0.2, 0) is 15.0 Å². The quantitative estimate of drug-likeness (QED) is 0.300. The van der Waals surface area contributed by atoms with Gasteiger partial charge in [-0.2, -0.15) is 0 Å². The molecule has 2 rings (SSSR count). The van der Waals surface area contributed by atoms with Crippen molar-refractivity contribution in [1.82, 2.24) is 9.55 Å². The molecule has 0 aliphatic carbocycles. The van der Waals surface area contributed by atoms with Gasteiger partial charge in [-0.15, -0.1) is 6.42 Å². The molecule has 1 fully saturated rings. The van der Waals surface area contributed by atoms with E-state index < -0.39 is 42.9 Å². The van der Waals surface area contributed by atoms with Gasteiger partial charge in [0, 0.05) is 18.1 Å². The Balaban J connectivity index is 2.51. The third-order valence-electron chi connectivity index (χ3n) is 3.35. The molecule has 1 aromatic heterocycles. The van der Waals surface area contributed by atoms with Crippen molar-refractivity contribution in [3.63, 3.8) is 0 Å². The van der Waals surface area contributed by atoms with Crippen molar-refractivity contribution in [3.8, 4) is 12.3 Å². The van der Waals surface area contributed by atoms with Crippen LogP contribution >= 0.6 is 7.60 Å². The van der Waals surface area contributed by atoms with E-state index in [-0.39, 0.29) is 0 Å². The van der Waals surface area contributed by atoms with Crippen LogP contribution < -0.4 is 11.2 Å². The molecule has 0 saturated carbocycles. The molecular weight excluding hydrogens is 331 g/mol. The fourth-order valence-electron chi connectivity index (χ4n) is 2.17. The van der Waals surface area contributed by atoms with Gasteiger partial charge >= 0.3 is 13.3 Å². The number of H-pyrrole nitrogens is 1. The standard InChI is InChI=1S/C12H13N2O8P/c1-2-11(4-6-23(19,20)21)9(16)12(18,7-22-11)14-5-3-8(15)13-10(14)17/h1,3-6,9,16,18H,7H2,(H,13,15,17)(H2,19,20,21)/b6-4+/t9-,11?,12-/m1/s1. The molecule has 1 aliphatic heterocycles. The first-order valence-corrected chi connectivity index (χ1v) is 7.82. The van der Waals surface area contributed by atoms with Crippen LogP contribution in [0.15, 0.2) is 33.7 Å². The molecule has 5 N–H and O–H groups in total. The maximum Gasteiger partial charge on any atom is 0.348 e. The van der Waals surface area contributed by atoms with Crippen LogP contribution in [0.1, 0.15) is 0 Å². The summed E-state index contributed by atoms with van der Waals surface area (Å²) in [6, 6.07) is 0.938. The Morgan fingerprint density at radius 2 is 2.17 bits per heavy atom. The molecule has 1 unspecified atom stereocenters. The molecule has 1 aromatic rings. The predicted octanol–water partition coefficient (Wildman–Crippen LogP) is -2.36. The number of nitrogens with zero attached hydrogens (tertiary/aromatic N) is 1. The van der Waals surface area contributed by atoms with E-state index in [9.17, 15) is 24.4 Å². The van der Waals surface area contributed by atoms with Crippen LogP contribution in [0.3, 0.4) is 0 Å². The first kappa shape index (κ1) is 17.4. The zero-order chi connectivity index (χ0) is 17.5. The van der Waals surface area contributed by atoms with Crippen molar-refractivity contribution in [2.45, 2.75) is 17.4 Å². The minimum atomic E-state index is -4.60. The second-order valence-electron chi connectivity index (χ2n) is 4.89. The van der Waals surface area contributed by atoms with E-state index in [1.165, 1.54) is 0 Å². The number of aromatic amines is 1. The summed E-state index contributed by atoms with van der Waals surface area (Å²) < 4.78 is 16.7. The molecule has 0 radical (unpaired) electrons. The summed E-state index contributed by atoms with van der Waals surface area (Å²) in [7, 11) is -4.60. The van der Waals surface area contributed by atoms with Crippen molar-refractivity contribution >= 4 is 7.60 Å². The van der Waals surface area contributed by atoms with Crippen LogP contribution in [0.5, 0.6) is 0 Å². The largest absolute Gasteiger partial charge is 0.383 e. The summed E-state index contributed by atoms with van der Waals surface area (Å²) in [5, 5.41) is 20.9. The molecule has 10 nitrogen and oxygen atoms in total. The molecule has 0 aromatic carbocycles. The minimum absolute atomic E-state index is 0.428. The lowest BCUT2D eigenvalue weighted by atomic mass is 9.93. The monoisotopic (exact) mass is 344 g/mol. The highest BCUT2D eigenvalue weighted by Gasteiger charge is 2.57. The van der Waals surface area contributed by atoms with Gasteiger partial charge in [-0.1, -0.05) is 5.92 Å². The normalized spacial score (nSPS) is 31.3. The van der Waals surface area contributed by atoms with Crippen LogP contribution in [0.4, 0.5) is 0 Å². The number of hydrogen-bond acceptors (Lipinski definition) is 6. The molecule has 1 saturated heterocycles. The number of rotatable bonds is 3. The minimum Gasteiger partial charge on any atom is -0.383 e. The first-order chi connectivity index (χ1) is 10.5. The Morgan fingerprint density at radius 3 is 2.70 bits per heavy atom. The van der Waals surface area contributed by atoms with Crippen LogP contribution in [0, 0.1) is 12.3 Å². The number of nitrogens with one attached hydrogen (secondary N) is 1. The van der Waals surface area contributed by atoms with Crippen molar-refractivity contribution in [2.24, 2.45) is 0 Å². The van der Waals surface area contributed by atoms with Gasteiger partial charge in [-0.3, -0.25) is 18.9 Å². The highest BCUT2D eigenvalue weighted by atomic mass is 31.2. The van der Waals surface area contributed by atoms with Gasteiger partial charge in [0.15, 0.2) is 11.3 Å². The summed E-state index contributed by atoms with van der Waals surface area (Å²) >= 11 is 0.